The maximum Gasteiger partial charge on any atom is 0.0900 e. The molecule has 0 bridgehead atoms. The van der Waals surface area contributed by atoms with Gasteiger partial charge in [0, 0.05) is 17.5 Å². The molecule has 82 valence electrons. The molecule has 0 radical (unpaired) electrons. The van der Waals surface area contributed by atoms with Crippen LogP contribution in [0.2, 0.25) is 0 Å². The summed E-state index contributed by atoms with van der Waals surface area (Å²) in [6.07, 6.45) is 1.57. The number of nitriles is 1. The first-order chi connectivity index (χ1) is 7.17. The highest BCUT2D eigenvalue weighted by molar-refractivity contribution is 7.11. The van der Waals surface area contributed by atoms with Crippen LogP contribution in [-0.2, 0) is 6.54 Å². The third kappa shape index (κ3) is 3.61. The summed E-state index contributed by atoms with van der Waals surface area (Å²) in [6.45, 7) is 6.98. The largest absolute Gasteiger partial charge is 0.308 e. The van der Waals surface area contributed by atoms with Gasteiger partial charge in [-0.3, -0.25) is 0 Å². The molecule has 3 nitrogen and oxygen atoms in total. The number of hydrogen-bond donors (Lipinski definition) is 1. The Balaban J connectivity index is 2.49. The summed E-state index contributed by atoms with van der Waals surface area (Å²) in [6, 6.07) is 2.50. The van der Waals surface area contributed by atoms with Crippen LogP contribution in [0.3, 0.4) is 0 Å². The number of aryl methyl sites for hydroxylation is 2. The van der Waals surface area contributed by atoms with Crippen LogP contribution in [0.25, 0.3) is 0 Å². The van der Waals surface area contributed by atoms with Crippen LogP contribution in [0.4, 0.5) is 0 Å². The van der Waals surface area contributed by atoms with Crippen molar-refractivity contribution in [2.75, 3.05) is 0 Å². The van der Waals surface area contributed by atoms with Crippen molar-refractivity contribution in [1.29, 1.82) is 5.26 Å². The van der Waals surface area contributed by atoms with Gasteiger partial charge < -0.3 is 5.32 Å². The molecule has 1 atom stereocenters. The standard InChI is InChI=1S/C11H17N3S/c1-4-10(5-6-12)13-7-11-8(2)14-9(3)15-11/h10,13H,4-5,7H2,1-3H3. The van der Waals surface area contributed by atoms with Crippen molar-refractivity contribution in [3.63, 3.8) is 0 Å². The summed E-state index contributed by atoms with van der Waals surface area (Å²) in [5.41, 5.74) is 1.11. The van der Waals surface area contributed by atoms with Crippen LogP contribution in [-0.4, -0.2) is 11.0 Å². The maximum atomic E-state index is 8.62. The molecule has 1 aromatic heterocycles. The second-order valence-electron chi connectivity index (χ2n) is 3.59. The Morgan fingerprint density at radius 1 is 1.53 bits per heavy atom. The molecule has 15 heavy (non-hydrogen) atoms. The zero-order valence-electron chi connectivity index (χ0n) is 9.50. The number of aromatic nitrogens is 1. The Labute approximate surface area is 95.2 Å². The zero-order chi connectivity index (χ0) is 11.3. The van der Waals surface area contributed by atoms with Crippen molar-refractivity contribution in [1.82, 2.24) is 10.3 Å². The summed E-state index contributed by atoms with van der Waals surface area (Å²) < 4.78 is 0. The summed E-state index contributed by atoms with van der Waals surface area (Å²) in [5, 5.41) is 13.1. The van der Waals surface area contributed by atoms with E-state index in [2.05, 4.69) is 23.3 Å². The van der Waals surface area contributed by atoms with E-state index in [0.29, 0.717) is 12.5 Å². The van der Waals surface area contributed by atoms with Gasteiger partial charge in [-0.15, -0.1) is 11.3 Å². The first kappa shape index (κ1) is 12.2. The fraction of sp³-hybridized carbons (Fsp3) is 0.636. The predicted octanol–water partition coefficient (Wildman–Crippen LogP) is 2.54. The predicted molar refractivity (Wildman–Crippen MR) is 62.7 cm³/mol. The number of nitrogens with one attached hydrogen (secondary N) is 1. The highest BCUT2D eigenvalue weighted by Crippen LogP contribution is 2.17. The summed E-state index contributed by atoms with van der Waals surface area (Å²) >= 11 is 1.73. The van der Waals surface area contributed by atoms with Gasteiger partial charge in [0.15, 0.2) is 0 Å². The minimum atomic E-state index is 0.303. The fourth-order valence-electron chi connectivity index (χ4n) is 1.45. The smallest absolute Gasteiger partial charge is 0.0900 e. The molecule has 0 aliphatic heterocycles. The first-order valence-electron chi connectivity index (χ1n) is 5.20. The van der Waals surface area contributed by atoms with Gasteiger partial charge in [0.1, 0.15) is 0 Å². The summed E-state index contributed by atoms with van der Waals surface area (Å²) in [4.78, 5) is 5.66. The molecule has 0 aromatic carbocycles. The van der Waals surface area contributed by atoms with Gasteiger partial charge in [-0.2, -0.15) is 5.26 Å². The Bertz CT molecular complexity index is 351. The van der Waals surface area contributed by atoms with Gasteiger partial charge >= 0.3 is 0 Å². The molecule has 0 spiro atoms. The highest BCUT2D eigenvalue weighted by Gasteiger charge is 2.08. The average Bonchev–Trinajstić information content (AvgIpc) is 2.52. The molecule has 1 rings (SSSR count). The van der Waals surface area contributed by atoms with Gasteiger partial charge in [-0.1, -0.05) is 6.92 Å². The zero-order valence-corrected chi connectivity index (χ0v) is 10.3. The van der Waals surface area contributed by atoms with Crippen molar-refractivity contribution < 1.29 is 0 Å². The molecule has 0 aliphatic rings. The minimum absolute atomic E-state index is 0.303. The SMILES string of the molecule is CCC(CC#N)NCc1sc(C)nc1C. The van der Waals surface area contributed by atoms with E-state index >= 15 is 0 Å². The molecule has 1 aromatic rings. The first-order valence-corrected chi connectivity index (χ1v) is 6.02. The molecule has 0 aliphatic carbocycles. The Morgan fingerprint density at radius 3 is 2.73 bits per heavy atom. The molecule has 1 N–H and O–H groups in total. The van der Waals surface area contributed by atoms with Crippen molar-refractivity contribution >= 4 is 11.3 Å². The van der Waals surface area contributed by atoms with E-state index < -0.39 is 0 Å². The molecule has 4 heteroatoms. The molecule has 0 saturated heterocycles. The van der Waals surface area contributed by atoms with Gasteiger partial charge in [0.05, 0.1) is 23.2 Å². The lowest BCUT2D eigenvalue weighted by molar-refractivity contribution is 0.506. The van der Waals surface area contributed by atoms with Crippen LogP contribution in [0.5, 0.6) is 0 Å². The quantitative estimate of drug-likeness (QED) is 0.834. The van der Waals surface area contributed by atoms with Crippen LogP contribution < -0.4 is 5.32 Å². The lowest BCUT2D eigenvalue weighted by atomic mass is 10.1. The van der Waals surface area contributed by atoms with Crippen molar-refractivity contribution in [2.45, 2.75) is 46.2 Å². The fourth-order valence-corrected chi connectivity index (χ4v) is 2.33. The minimum Gasteiger partial charge on any atom is -0.308 e. The van der Waals surface area contributed by atoms with Gasteiger partial charge in [0.2, 0.25) is 0 Å². The van der Waals surface area contributed by atoms with E-state index in [1.54, 1.807) is 11.3 Å². The van der Waals surface area contributed by atoms with Crippen molar-refractivity contribution in [3.8, 4) is 6.07 Å². The second kappa shape index (κ2) is 5.84. The molecule has 0 saturated carbocycles. The average molecular weight is 223 g/mol. The van der Waals surface area contributed by atoms with Crippen LogP contribution in [0, 0.1) is 25.2 Å². The van der Waals surface area contributed by atoms with E-state index in [-0.39, 0.29) is 0 Å². The summed E-state index contributed by atoms with van der Waals surface area (Å²) in [5.74, 6) is 0. The van der Waals surface area contributed by atoms with Crippen molar-refractivity contribution in [2.24, 2.45) is 0 Å². The second-order valence-corrected chi connectivity index (χ2v) is 4.88. The van der Waals surface area contributed by atoms with Gasteiger partial charge in [-0.25, -0.2) is 4.98 Å². The normalized spacial score (nSPS) is 12.4. The molecule has 1 unspecified atom stereocenters. The van der Waals surface area contributed by atoms with E-state index in [0.717, 1.165) is 23.7 Å². The number of hydrogen-bond acceptors (Lipinski definition) is 4. The van der Waals surface area contributed by atoms with Crippen LogP contribution >= 0.6 is 11.3 Å². The Hall–Kier alpha value is -0.920. The molecule has 0 fully saturated rings. The topological polar surface area (TPSA) is 48.7 Å². The monoisotopic (exact) mass is 223 g/mol. The lowest BCUT2D eigenvalue weighted by Crippen LogP contribution is -2.27. The maximum absolute atomic E-state index is 8.62. The van der Waals surface area contributed by atoms with Crippen LogP contribution in [0.1, 0.15) is 35.3 Å². The molecule has 1 heterocycles. The van der Waals surface area contributed by atoms with E-state index in [1.807, 2.05) is 13.8 Å². The summed E-state index contributed by atoms with van der Waals surface area (Å²) in [7, 11) is 0. The van der Waals surface area contributed by atoms with Gasteiger partial charge in [-0.05, 0) is 20.3 Å². The van der Waals surface area contributed by atoms with Crippen molar-refractivity contribution in [3.05, 3.63) is 15.6 Å². The third-order valence-electron chi connectivity index (χ3n) is 2.38. The number of nitrogens with zero attached hydrogens (tertiary/aromatic N) is 2. The van der Waals surface area contributed by atoms with Crippen LogP contribution in [0.15, 0.2) is 0 Å². The molecular weight excluding hydrogens is 206 g/mol. The lowest BCUT2D eigenvalue weighted by Gasteiger charge is -2.12. The van der Waals surface area contributed by atoms with Gasteiger partial charge in [0.25, 0.3) is 0 Å². The number of rotatable bonds is 5. The number of thiazole rings is 1. The molecule has 0 amide bonds. The Morgan fingerprint density at radius 2 is 2.27 bits per heavy atom. The highest BCUT2D eigenvalue weighted by atomic mass is 32.1. The van der Waals surface area contributed by atoms with E-state index in [1.165, 1.54) is 4.88 Å². The Kier molecular flexibility index (Phi) is 4.73. The third-order valence-corrected chi connectivity index (χ3v) is 3.45. The van der Waals surface area contributed by atoms with E-state index in [4.69, 9.17) is 5.26 Å². The van der Waals surface area contributed by atoms with E-state index in [9.17, 15) is 0 Å². The molecular formula is C11H17N3S.